The predicted molar refractivity (Wildman–Crippen MR) is 79.0 cm³/mol. The zero-order valence-electron chi connectivity index (χ0n) is 12.5. The highest BCUT2D eigenvalue weighted by atomic mass is 19.4. The monoisotopic (exact) mass is 325 g/mol. The summed E-state index contributed by atoms with van der Waals surface area (Å²) in [5, 5.41) is 3.20. The highest BCUT2D eigenvalue weighted by Gasteiger charge is 2.32. The Morgan fingerprint density at radius 3 is 2.57 bits per heavy atom. The molecule has 0 aliphatic carbocycles. The fraction of sp³-hybridized carbons (Fsp3) is 0.267. The van der Waals surface area contributed by atoms with Gasteiger partial charge in [-0.25, -0.2) is 4.79 Å². The SMILES string of the molecule is CCC(=Cc1ccccc1C(F)(F)F)C=C(N=[N+]=[N-])C(=O)OC. The molecule has 8 heteroatoms. The van der Waals surface area contributed by atoms with Crippen LogP contribution in [0.25, 0.3) is 16.5 Å². The topological polar surface area (TPSA) is 75.1 Å². The summed E-state index contributed by atoms with van der Waals surface area (Å²) in [5.74, 6) is -0.869. The standard InChI is InChI=1S/C15H14F3N3O2/c1-3-10(9-13(20-21-19)14(22)23-2)8-11-6-4-5-7-12(11)15(16,17)18/h4-9H,3H2,1-2H3. The molecule has 5 nitrogen and oxygen atoms in total. The number of carbonyl (C=O) groups excluding carboxylic acids is 1. The molecule has 0 atom stereocenters. The number of benzene rings is 1. The number of ether oxygens (including phenoxy) is 1. The van der Waals surface area contributed by atoms with Crippen molar-refractivity contribution in [2.24, 2.45) is 5.11 Å². The number of azide groups is 1. The van der Waals surface area contributed by atoms with Gasteiger partial charge in [0, 0.05) is 4.91 Å². The number of alkyl halides is 3. The number of rotatable bonds is 5. The first-order valence-electron chi connectivity index (χ1n) is 6.55. The van der Waals surface area contributed by atoms with E-state index in [2.05, 4.69) is 14.8 Å². The van der Waals surface area contributed by atoms with Crippen molar-refractivity contribution in [1.29, 1.82) is 0 Å². The molecule has 0 heterocycles. The lowest BCUT2D eigenvalue weighted by atomic mass is 10.0. The van der Waals surface area contributed by atoms with Crippen molar-refractivity contribution >= 4 is 12.0 Å². The molecule has 0 amide bonds. The largest absolute Gasteiger partial charge is 0.466 e. The summed E-state index contributed by atoms with van der Waals surface area (Å²) >= 11 is 0. The van der Waals surface area contributed by atoms with Crippen LogP contribution in [0, 0.1) is 0 Å². The van der Waals surface area contributed by atoms with Gasteiger partial charge in [0.05, 0.1) is 12.7 Å². The number of halogens is 3. The van der Waals surface area contributed by atoms with E-state index in [9.17, 15) is 18.0 Å². The van der Waals surface area contributed by atoms with Crippen LogP contribution < -0.4 is 0 Å². The van der Waals surface area contributed by atoms with Gasteiger partial charge in [-0.1, -0.05) is 36.3 Å². The second kappa shape index (κ2) is 8.05. The molecule has 0 aliphatic heterocycles. The number of hydrogen-bond acceptors (Lipinski definition) is 3. The van der Waals surface area contributed by atoms with Gasteiger partial charge in [0.1, 0.15) is 5.70 Å². The minimum Gasteiger partial charge on any atom is -0.466 e. The van der Waals surface area contributed by atoms with Gasteiger partial charge in [-0.05, 0) is 35.2 Å². The number of hydrogen-bond donors (Lipinski definition) is 0. The quantitative estimate of drug-likeness (QED) is 0.193. The molecule has 0 saturated carbocycles. The maximum absolute atomic E-state index is 13.0. The van der Waals surface area contributed by atoms with E-state index in [1.54, 1.807) is 6.92 Å². The van der Waals surface area contributed by atoms with Crippen molar-refractivity contribution in [3.05, 3.63) is 63.2 Å². The number of methoxy groups -OCH3 is 1. The van der Waals surface area contributed by atoms with Crippen molar-refractivity contribution in [2.75, 3.05) is 7.11 Å². The van der Waals surface area contributed by atoms with E-state index < -0.39 is 17.7 Å². The summed E-state index contributed by atoms with van der Waals surface area (Å²) in [5.41, 5.74) is 7.67. The van der Waals surface area contributed by atoms with Crippen LogP contribution in [0.15, 0.2) is 46.7 Å². The zero-order valence-corrected chi connectivity index (χ0v) is 12.5. The Hall–Kier alpha value is -2.73. The van der Waals surface area contributed by atoms with Crippen molar-refractivity contribution in [3.8, 4) is 0 Å². The fourth-order valence-corrected chi connectivity index (χ4v) is 1.78. The number of esters is 1. The summed E-state index contributed by atoms with van der Waals surface area (Å²) in [6.07, 6.45) is -1.67. The van der Waals surface area contributed by atoms with Crippen LogP contribution in [-0.4, -0.2) is 13.1 Å². The molecular weight excluding hydrogens is 311 g/mol. The van der Waals surface area contributed by atoms with Gasteiger partial charge in [0.25, 0.3) is 0 Å². The van der Waals surface area contributed by atoms with E-state index in [1.165, 1.54) is 30.4 Å². The van der Waals surface area contributed by atoms with Crippen molar-refractivity contribution in [3.63, 3.8) is 0 Å². The molecule has 0 spiro atoms. The maximum atomic E-state index is 13.0. The first-order chi connectivity index (χ1) is 10.8. The van der Waals surface area contributed by atoms with E-state index in [0.29, 0.717) is 12.0 Å². The van der Waals surface area contributed by atoms with Gasteiger partial charge in [-0.15, -0.1) is 0 Å². The predicted octanol–water partition coefficient (Wildman–Crippen LogP) is 4.87. The third kappa shape index (κ3) is 5.19. The van der Waals surface area contributed by atoms with Crippen LogP contribution in [-0.2, 0) is 15.7 Å². The normalized spacial score (nSPS) is 12.6. The van der Waals surface area contributed by atoms with Crippen LogP contribution >= 0.6 is 0 Å². The molecule has 0 saturated heterocycles. The number of carbonyl (C=O) groups is 1. The van der Waals surface area contributed by atoms with Gasteiger partial charge < -0.3 is 4.74 Å². The second-order valence-electron chi connectivity index (χ2n) is 4.37. The minimum absolute atomic E-state index is 0.0433. The molecule has 1 rings (SSSR count). The van der Waals surface area contributed by atoms with E-state index in [4.69, 9.17) is 5.53 Å². The third-order valence-corrected chi connectivity index (χ3v) is 2.88. The molecule has 122 valence electrons. The fourth-order valence-electron chi connectivity index (χ4n) is 1.78. The minimum atomic E-state index is -4.49. The number of nitrogens with zero attached hydrogens (tertiary/aromatic N) is 3. The molecule has 0 fully saturated rings. The highest BCUT2D eigenvalue weighted by molar-refractivity contribution is 5.88. The Balaban J connectivity index is 3.38. The molecule has 1 aromatic carbocycles. The van der Waals surface area contributed by atoms with Crippen LogP contribution in [0.2, 0.25) is 0 Å². The van der Waals surface area contributed by atoms with Gasteiger partial charge in [-0.3, -0.25) is 0 Å². The third-order valence-electron chi connectivity index (χ3n) is 2.88. The van der Waals surface area contributed by atoms with Gasteiger partial charge in [0.15, 0.2) is 0 Å². The smallest absolute Gasteiger partial charge is 0.416 e. The van der Waals surface area contributed by atoms with Gasteiger partial charge in [-0.2, -0.15) is 13.2 Å². The Labute approximate surface area is 130 Å². The molecule has 0 bridgehead atoms. The summed E-state index contributed by atoms with van der Waals surface area (Å²) in [6, 6.07) is 5.06. The Bertz CT molecular complexity index is 687. The average molecular weight is 325 g/mol. The molecule has 0 radical (unpaired) electrons. The van der Waals surface area contributed by atoms with Crippen molar-refractivity contribution in [2.45, 2.75) is 19.5 Å². The molecule has 0 aliphatic rings. The van der Waals surface area contributed by atoms with E-state index in [0.717, 1.165) is 13.2 Å². The van der Waals surface area contributed by atoms with Crippen molar-refractivity contribution in [1.82, 2.24) is 0 Å². The molecule has 1 aromatic rings. The first-order valence-corrected chi connectivity index (χ1v) is 6.55. The van der Waals surface area contributed by atoms with Crippen molar-refractivity contribution < 1.29 is 22.7 Å². The summed E-state index contributed by atoms with van der Waals surface area (Å²) in [4.78, 5) is 14.0. The molecule has 23 heavy (non-hydrogen) atoms. The summed E-state index contributed by atoms with van der Waals surface area (Å²) < 4.78 is 43.4. The van der Waals surface area contributed by atoms with E-state index in [-0.39, 0.29) is 11.3 Å². The lowest BCUT2D eigenvalue weighted by molar-refractivity contribution is -0.138. The molecule has 0 N–H and O–H groups in total. The zero-order chi connectivity index (χ0) is 17.5. The lowest BCUT2D eigenvalue weighted by Gasteiger charge is -2.11. The Morgan fingerprint density at radius 1 is 1.39 bits per heavy atom. The van der Waals surface area contributed by atoms with Gasteiger partial charge >= 0.3 is 12.1 Å². The maximum Gasteiger partial charge on any atom is 0.416 e. The molecular formula is C15H14F3N3O2. The average Bonchev–Trinajstić information content (AvgIpc) is 2.52. The van der Waals surface area contributed by atoms with Crippen LogP contribution in [0.4, 0.5) is 13.2 Å². The lowest BCUT2D eigenvalue weighted by Crippen LogP contribution is -2.07. The summed E-state index contributed by atoms with van der Waals surface area (Å²) in [7, 11) is 1.11. The molecule has 0 aromatic heterocycles. The first kappa shape index (κ1) is 18.3. The van der Waals surface area contributed by atoms with E-state index in [1.807, 2.05) is 0 Å². The summed E-state index contributed by atoms with van der Waals surface area (Å²) in [6.45, 7) is 1.70. The Kier molecular flexibility index (Phi) is 6.41. The second-order valence-corrected chi connectivity index (χ2v) is 4.37. The van der Waals surface area contributed by atoms with E-state index >= 15 is 0 Å². The molecule has 0 unspecified atom stereocenters. The van der Waals surface area contributed by atoms with Crippen LogP contribution in [0.1, 0.15) is 24.5 Å². The van der Waals surface area contributed by atoms with Crippen LogP contribution in [0.3, 0.4) is 0 Å². The highest BCUT2D eigenvalue weighted by Crippen LogP contribution is 2.33. The Morgan fingerprint density at radius 2 is 2.04 bits per heavy atom. The van der Waals surface area contributed by atoms with Crippen LogP contribution in [0.5, 0.6) is 0 Å². The van der Waals surface area contributed by atoms with Gasteiger partial charge in [0.2, 0.25) is 0 Å². The number of allylic oxidation sites excluding steroid dienone is 2.